The maximum atomic E-state index is 12.5. The van der Waals surface area contributed by atoms with Gasteiger partial charge in [0.2, 0.25) is 11.8 Å². The first-order valence-corrected chi connectivity index (χ1v) is 13.0. The van der Waals surface area contributed by atoms with E-state index in [1.807, 2.05) is 60.7 Å². The van der Waals surface area contributed by atoms with Gasteiger partial charge in [-0.05, 0) is 58.5 Å². The van der Waals surface area contributed by atoms with Crippen LogP contribution >= 0.6 is 0 Å². The number of unbranched alkanes of at least 4 members (excludes halogenated alkanes) is 1. The number of carboxylic acids is 1. The maximum absolute atomic E-state index is 12.5. The SMILES string of the molecule is O=C(O)CC(NC(=O)CNC(=O)CCCCNc1ccccn1)c1ccc(-c2ccc3ccccc3c2)cc1.[H-].[Na+]. The number of benzene rings is 3. The molecule has 40 heavy (non-hydrogen) atoms. The molecule has 0 fully saturated rings. The van der Waals surface area contributed by atoms with Crippen LogP contribution in [-0.2, 0) is 14.4 Å². The summed E-state index contributed by atoms with van der Waals surface area (Å²) in [6, 6.07) is 26.8. The minimum atomic E-state index is -1.03. The van der Waals surface area contributed by atoms with Crippen molar-refractivity contribution in [3.63, 3.8) is 0 Å². The number of nitrogens with zero attached hydrogens (tertiary/aromatic N) is 1. The largest absolute Gasteiger partial charge is 1.00 e. The molecular weight excluding hydrogens is 515 g/mol. The van der Waals surface area contributed by atoms with Crippen LogP contribution < -0.4 is 45.5 Å². The number of carbonyl (C=O) groups excluding carboxylic acids is 2. The Morgan fingerprint density at radius 2 is 1.55 bits per heavy atom. The van der Waals surface area contributed by atoms with Crippen LogP contribution in [0.4, 0.5) is 5.82 Å². The molecule has 0 saturated heterocycles. The van der Waals surface area contributed by atoms with Crippen molar-refractivity contribution < 1.29 is 50.5 Å². The Balaban J connectivity index is 0.00000294. The quantitative estimate of drug-likeness (QED) is 0.150. The van der Waals surface area contributed by atoms with Crippen molar-refractivity contribution in [2.24, 2.45) is 0 Å². The van der Waals surface area contributed by atoms with Gasteiger partial charge in [0.1, 0.15) is 5.82 Å². The van der Waals surface area contributed by atoms with Crippen molar-refractivity contribution in [3.8, 4) is 11.1 Å². The van der Waals surface area contributed by atoms with E-state index in [9.17, 15) is 19.5 Å². The zero-order valence-electron chi connectivity index (χ0n) is 23.6. The van der Waals surface area contributed by atoms with Crippen LogP contribution in [0.25, 0.3) is 21.9 Å². The number of hydrogen-bond acceptors (Lipinski definition) is 5. The second-order valence-corrected chi connectivity index (χ2v) is 9.28. The molecule has 0 spiro atoms. The molecular formula is C31H33N4NaO4. The van der Waals surface area contributed by atoms with E-state index < -0.39 is 17.9 Å². The Labute approximate surface area is 257 Å². The van der Waals surface area contributed by atoms with E-state index in [4.69, 9.17) is 0 Å². The molecule has 1 heterocycles. The number of rotatable bonds is 13. The van der Waals surface area contributed by atoms with Crippen LogP contribution in [0.3, 0.4) is 0 Å². The molecule has 8 nitrogen and oxygen atoms in total. The number of aromatic nitrogens is 1. The zero-order chi connectivity index (χ0) is 27.5. The summed E-state index contributed by atoms with van der Waals surface area (Å²) in [5, 5.41) is 20.2. The summed E-state index contributed by atoms with van der Waals surface area (Å²) in [4.78, 5) is 40.3. The molecule has 4 aromatic rings. The fraction of sp³-hybridized carbons (Fsp3) is 0.226. The van der Waals surface area contributed by atoms with Gasteiger partial charge in [-0.2, -0.15) is 0 Å². The predicted octanol–water partition coefficient (Wildman–Crippen LogP) is 2.05. The summed E-state index contributed by atoms with van der Waals surface area (Å²) in [6.45, 7) is 0.484. The number of carboxylic acid groups (broad SMARTS) is 1. The minimum Gasteiger partial charge on any atom is -1.00 e. The predicted molar refractivity (Wildman–Crippen MR) is 153 cm³/mol. The van der Waals surface area contributed by atoms with E-state index >= 15 is 0 Å². The van der Waals surface area contributed by atoms with Crippen molar-refractivity contribution in [2.75, 3.05) is 18.4 Å². The normalized spacial score (nSPS) is 11.2. The molecule has 202 valence electrons. The summed E-state index contributed by atoms with van der Waals surface area (Å²) in [5.41, 5.74) is 2.73. The molecule has 3 aromatic carbocycles. The molecule has 4 rings (SSSR count). The van der Waals surface area contributed by atoms with Crippen LogP contribution in [0.5, 0.6) is 0 Å². The summed E-state index contributed by atoms with van der Waals surface area (Å²) in [7, 11) is 0. The van der Waals surface area contributed by atoms with E-state index in [1.165, 1.54) is 0 Å². The van der Waals surface area contributed by atoms with Crippen molar-refractivity contribution in [1.82, 2.24) is 15.6 Å². The molecule has 0 bridgehead atoms. The van der Waals surface area contributed by atoms with Crippen LogP contribution in [0.1, 0.15) is 38.7 Å². The number of aliphatic carboxylic acids is 1. The van der Waals surface area contributed by atoms with Crippen LogP contribution in [-0.4, -0.2) is 41.0 Å². The molecule has 0 aliphatic rings. The molecule has 0 aliphatic heterocycles. The van der Waals surface area contributed by atoms with Crippen molar-refractivity contribution in [1.29, 1.82) is 0 Å². The van der Waals surface area contributed by atoms with Gasteiger partial charge in [0.25, 0.3) is 0 Å². The van der Waals surface area contributed by atoms with E-state index in [0.29, 0.717) is 24.9 Å². The third-order valence-electron chi connectivity index (χ3n) is 6.36. The van der Waals surface area contributed by atoms with Crippen molar-refractivity contribution in [3.05, 3.63) is 96.7 Å². The fourth-order valence-electron chi connectivity index (χ4n) is 4.31. The van der Waals surface area contributed by atoms with E-state index in [0.717, 1.165) is 34.1 Å². The molecule has 0 saturated carbocycles. The number of amides is 2. The first-order valence-electron chi connectivity index (χ1n) is 13.0. The third kappa shape index (κ3) is 9.48. The first kappa shape index (κ1) is 30.8. The molecule has 9 heteroatoms. The molecule has 2 amide bonds. The minimum absolute atomic E-state index is 0. The summed E-state index contributed by atoms with van der Waals surface area (Å²) >= 11 is 0. The van der Waals surface area contributed by atoms with Crippen LogP contribution in [0, 0.1) is 0 Å². The Bertz CT molecular complexity index is 1420. The maximum Gasteiger partial charge on any atom is 1.00 e. The van der Waals surface area contributed by atoms with Gasteiger partial charge in [-0.15, -0.1) is 0 Å². The molecule has 0 aliphatic carbocycles. The summed E-state index contributed by atoms with van der Waals surface area (Å²) in [5.74, 6) is -0.900. The van der Waals surface area contributed by atoms with Crippen LogP contribution in [0.15, 0.2) is 91.1 Å². The molecule has 1 aromatic heterocycles. The van der Waals surface area contributed by atoms with Gasteiger partial charge in [-0.3, -0.25) is 14.4 Å². The first-order chi connectivity index (χ1) is 19.0. The van der Waals surface area contributed by atoms with Crippen LogP contribution in [0.2, 0.25) is 0 Å². The van der Waals surface area contributed by atoms with Gasteiger partial charge >= 0.3 is 35.5 Å². The monoisotopic (exact) mass is 548 g/mol. The van der Waals surface area contributed by atoms with E-state index in [2.05, 4.69) is 45.2 Å². The number of carbonyl (C=O) groups is 3. The Kier molecular flexibility index (Phi) is 12.1. The Hall–Kier alpha value is -3.72. The van der Waals surface area contributed by atoms with Gasteiger partial charge in [0, 0.05) is 19.2 Å². The molecule has 1 unspecified atom stereocenters. The second kappa shape index (κ2) is 15.8. The fourth-order valence-corrected chi connectivity index (χ4v) is 4.31. The average Bonchev–Trinajstić information content (AvgIpc) is 2.96. The average molecular weight is 549 g/mol. The van der Waals surface area contributed by atoms with E-state index in [1.54, 1.807) is 6.20 Å². The summed E-state index contributed by atoms with van der Waals surface area (Å²) < 4.78 is 0. The van der Waals surface area contributed by atoms with Crippen molar-refractivity contribution >= 4 is 34.4 Å². The van der Waals surface area contributed by atoms with Gasteiger partial charge in [0.05, 0.1) is 19.0 Å². The van der Waals surface area contributed by atoms with Gasteiger partial charge in [0.15, 0.2) is 0 Å². The van der Waals surface area contributed by atoms with Gasteiger partial charge < -0.3 is 22.5 Å². The number of nitrogens with one attached hydrogen (secondary N) is 3. The second-order valence-electron chi connectivity index (χ2n) is 9.28. The number of hydrogen-bond donors (Lipinski definition) is 4. The van der Waals surface area contributed by atoms with Gasteiger partial charge in [-0.1, -0.05) is 66.7 Å². The number of anilines is 1. The third-order valence-corrected chi connectivity index (χ3v) is 6.36. The number of pyridine rings is 1. The zero-order valence-corrected chi connectivity index (χ0v) is 24.6. The standard InChI is InChI=1S/C31H32N4O4.Na.H/c36-29(10-4-6-18-33-28-9-3-5-17-32-28)34-21-30(37)35-27(20-31(38)39)24-14-11-23(12-15-24)26-16-13-22-7-1-2-8-25(22)19-26;;/h1-3,5,7-9,11-17,19,27H,4,6,10,18,20-21H2,(H,32,33)(H,34,36)(H,35,37)(H,38,39);;/q;+1;-1. The molecule has 0 radical (unpaired) electrons. The molecule has 1 atom stereocenters. The summed E-state index contributed by atoms with van der Waals surface area (Å²) in [6.07, 6.45) is 3.19. The topological polar surface area (TPSA) is 120 Å². The Morgan fingerprint density at radius 1 is 0.825 bits per heavy atom. The van der Waals surface area contributed by atoms with Crippen molar-refractivity contribution in [2.45, 2.75) is 31.7 Å². The number of fused-ring (bicyclic) bond motifs is 1. The molecule has 4 N–H and O–H groups in total. The van der Waals surface area contributed by atoms with Gasteiger partial charge in [-0.25, -0.2) is 4.98 Å². The Morgan fingerprint density at radius 3 is 2.27 bits per heavy atom. The smallest absolute Gasteiger partial charge is 1.00 e. The van der Waals surface area contributed by atoms with E-state index in [-0.39, 0.29) is 49.9 Å².